The molecule has 1 atom stereocenters. The van der Waals surface area contributed by atoms with Crippen molar-refractivity contribution in [2.45, 2.75) is 25.4 Å². The lowest BCUT2D eigenvalue weighted by atomic mass is 10.1. The van der Waals surface area contributed by atoms with Gasteiger partial charge in [-0.25, -0.2) is 4.68 Å². The summed E-state index contributed by atoms with van der Waals surface area (Å²) in [6, 6.07) is 13.5. The Bertz CT molecular complexity index is 829. The van der Waals surface area contributed by atoms with Crippen LogP contribution in [0.3, 0.4) is 0 Å². The van der Waals surface area contributed by atoms with Gasteiger partial charge in [0.2, 0.25) is 5.91 Å². The van der Waals surface area contributed by atoms with Crippen LogP contribution in [0.15, 0.2) is 48.7 Å². The molecule has 1 unspecified atom stereocenters. The number of rotatable bonds is 3. The summed E-state index contributed by atoms with van der Waals surface area (Å²) in [7, 11) is 0. The number of para-hydroxylation sites is 1. The second-order valence-corrected chi connectivity index (χ2v) is 5.70. The average molecular weight is 307 g/mol. The number of likely N-dealkylation sites (tertiary alicyclic amines) is 1. The molecule has 23 heavy (non-hydrogen) atoms. The van der Waals surface area contributed by atoms with Crippen LogP contribution in [0.4, 0.5) is 0 Å². The number of benzene rings is 1. The van der Waals surface area contributed by atoms with Crippen LogP contribution >= 0.6 is 0 Å². The number of carbonyl (C=O) groups excluding carboxylic acids is 1. The predicted octanol–water partition coefficient (Wildman–Crippen LogP) is 2.39. The highest BCUT2D eigenvalue weighted by atomic mass is 16.2. The Morgan fingerprint density at radius 3 is 2.74 bits per heavy atom. The third-order valence-corrected chi connectivity index (χ3v) is 4.22. The minimum Gasteiger partial charge on any atom is -0.315 e. The zero-order valence-corrected chi connectivity index (χ0v) is 12.7. The van der Waals surface area contributed by atoms with E-state index in [1.54, 1.807) is 10.9 Å². The molecule has 0 aliphatic carbocycles. The maximum atomic E-state index is 12.5. The topological polar surface area (TPSA) is 63.9 Å². The van der Waals surface area contributed by atoms with E-state index in [4.69, 9.17) is 0 Å². The molecule has 116 valence electrons. The largest absolute Gasteiger partial charge is 0.315 e. The molecule has 1 aliphatic heterocycles. The maximum absolute atomic E-state index is 12.5. The number of amides is 1. The zero-order valence-electron chi connectivity index (χ0n) is 12.7. The monoisotopic (exact) mass is 307 g/mol. The number of hydrogen-bond donors (Lipinski definition) is 0. The molecule has 0 saturated carbocycles. The molecule has 1 aromatic carbocycles. The molecule has 3 heterocycles. The molecule has 1 aliphatic rings. The maximum Gasteiger partial charge on any atom is 0.224 e. The number of hydrogen-bond acceptors (Lipinski definition) is 4. The molecule has 1 amide bonds. The van der Waals surface area contributed by atoms with Crippen LogP contribution in [0.5, 0.6) is 0 Å². The Morgan fingerprint density at radius 2 is 1.91 bits per heavy atom. The summed E-state index contributed by atoms with van der Waals surface area (Å²) in [5.41, 5.74) is 2.53. The molecular formula is C17H17N5O. The van der Waals surface area contributed by atoms with Crippen molar-refractivity contribution in [3.8, 4) is 0 Å². The number of aromatic nitrogens is 4. The molecule has 4 rings (SSSR count). The van der Waals surface area contributed by atoms with Gasteiger partial charge in [-0.15, -0.1) is 5.10 Å². The van der Waals surface area contributed by atoms with Crippen LogP contribution in [0.1, 0.15) is 31.1 Å². The summed E-state index contributed by atoms with van der Waals surface area (Å²) in [4.78, 5) is 18.8. The smallest absolute Gasteiger partial charge is 0.224 e. The lowest BCUT2D eigenvalue weighted by Gasteiger charge is -2.34. The second-order valence-electron chi connectivity index (χ2n) is 5.70. The van der Waals surface area contributed by atoms with Gasteiger partial charge in [-0.2, -0.15) is 0 Å². The van der Waals surface area contributed by atoms with Gasteiger partial charge in [-0.1, -0.05) is 23.4 Å². The first-order valence-corrected chi connectivity index (χ1v) is 7.85. The fourth-order valence-corrected chi connectivity index (χ4v) is 3.10. The summed E-state index contributed by atoms with van der Waals surface area (Å²) in [6.07, 6.45) is 3.92. The van der Waals surface area contributed by atoms with Gasteiger partial charge in [0.05, 0.1) is 11.2 Å². The fourth-order valence-electron chi connectivity index (χ4n) is 3.10. The normalized spacial score (nSPS) is 16.7. The fraction of sp³-hybridized carbons (Fsp3) is 0.294. The standard InChI is InChI=1S/C17H17N5O/c23-16-10-4-6-12-21(16)17(14-8-3-5-11-18-14)22-15-9-2-1-7-13(15)19-20-22/h1-3,5,7-9,11,17H,4,6,10,12H2. The first-order valence-electron chi connectivity index (χ1n) is 7.85. The Labute approximate surface area is 133 Å². The molecular weight excluding hydrogens is 290 g/mol. The van der Waals surface area contributed by atoms with Gasteiger partial charge in [0.15, 0.2) is 6.17 Å². The molecule has 6 heteroatoms. The van der Waals surface area contributed by atoms with Crippen molar-refractivity contribution in [1.82, 2.24) is 24.9 Å². The molecule has 0 radical (unpaired) electrons. The van der Waals surface area contributed by atoms with Gasteiger partial charge in [0.25, 0.3) is 0 Å². The van der Waals surface area contributed by atoms with Crippen molar-refractivity contribution in [2.75, 3.05) is 6.54 Å². The van der Waals surface area contributed by atoms with E-state index in [1.807, 2.05) is 47.4 Å². The molecule has 6 nitrogen and oxygen atoms in total. The Morgan fingerprint density at radius 1 is 1.04 bits per heavy atom. The van der Waals surface area contributed by atoms with Crippen molar-refractivity contribution in [2.24, 2.45) is 0 Å². The third-order valence-electron chi connectivity index (χ3n) is 4.22. The van der Waals surface area contributed by atoms with E-state index in [-0.39, 0.29) is 12.1 Å². The minimum absolute atomic E-state index is 0.145. The molecule has 1 saturated heterocycles. The van der Waals surface area contributed by atoms with E-state index < -0.39 is 0 Å². The number of pyridine rings is 1. The Kier molecular flexibility index (Phi) is 3.49. The third kappa shape index (κ3) is 2.46. The van der Waals surface area contributed by atoms with Crippen molar-refractivity contribution < 1.29 is 4.79 Å². The molecule has 0 bridgehead atoms. The van der Waals surface area contributed by atoms with Gasteiger partial charge in [0.1, 0.15) is 5.52 Å². The quantitative estimate of drug-likeness (QED) is 0.745. The summed E-state index contributed by atoms with van der Waals surface area (Å²) < 4.78 is 1.81. The van der Waals surface area contributed by atoms with Gasteiger partial charge in [0, 0.05) is 19.2 Å². The van der Waals surface area contributed by atoms with Crippen LogP contribution in [-0.4, -0.2) is 37.3 Å². The van der Waals surface area contributed by atoms with E-state index in [0.717, 1.165) is 29.6 Å². The summed E-state index contributed by atoms with van der Waals surface area (Å²) in [5.74, 6) is 0.145. The van der Waals surface area contributed by atoms with Gasteiger partial charge >= 0.3 is 0 Å². The first kappa shape index (κ1) is 13.9. The van der Waals surface area contributed by atoms with E-state index >= 15 is 0 Å². The lowest BCUT2D eigenvalue weighted by molar-refractivity contribution is -0.137. The van der Waals surface area contributed by atoms with Crippen molar-refractivity contribution in [1.29, 1.82) is 0 Å². The van der Waals surface area contributed by atoms with Crippen LogP contribution in [-0.2, 0) is 4.79 Å². The van der Waals surface area contributed by atoms with Crippen molar-refractivity contribution in [3.63, 3.8) is 0 Å². The number of fused-ring (bicyclic) bond motifs is 1. The van der Waals surface area contributed by atoms with E-state index in [1.165, 1.54) is 0 Å². The first-order chi connectivity index (χ1) is 11.3. The van der Waals surface area contributed by atoms with Gasteiger partial charge < -0.3 is 4.90 Å². The van der Waals surface area contributed by atoms with Crippen molar-refractivity contribution in [3.05, 3.63) is 54.4 Å². The highest BCUT2D eigenvalue weighted by Crippen LogP contribution is 2.27. The minimum atomic E-state index is -0.351. The number of nitrogens with zero attached hydrogens (tertiary/aromatic N) is 5. The van der Waals surface area contributed by atoms with Crippen LogP contribution in [0, 0.1) is 0 Å². The predicted molar refractivity (Wildman–Crippen MR) is 85.5 cm³/mol. The summed E-state index contributed by atoms with van der Waals surface area (Å²) in [5, 5.41) is 8.55. The molecule has 0 spiro atoms. The molecule has 1 fully saturated rings. The van der Waals surface area contributed by atoms with E-state index in [9.17, 15) is 4.79 Å². The highest BCUT2D eigenvalue weighted by molar-refractivity contribution is 5.78. The van der Waals surface area contributed by atoms with Crippen molar-refractivity contribution >= 4 is 16.9 Å². The average Bonchev–Trinajstić information content (AvgIpc) is 3.02. The SMILES string of the molecule is O=C1CCCCN1C(c1ccccn1)n1nnc2ccccc21. The highest BCUT2D eigenvalue weighted by Gasteiger charge is 2.31. The number of carbonyl (C=O) groups is 1. The summed E-state index contributed by atoms with van der Waals surface area (Å²) in [6.45, 7) is 0.717. The number of piperidine rings is 1. The summed E-state index contributed by atoms with van der Waals surface area (Å²) >= 11 is 0. The van der Waals surface area contributed by atoms with E-state index in [0.29, 0.717) is 13.0 Å². The van der Waals surface area contributed by atoms with Crippen LogP contribution < -0.4 is 0 Å². The lowest BCUT2D eigenvalue weighted by Crippen LogP contribution is -2.42. The van der Waals surface area contributed by atoms with Gasteiger partial charge in [-0.3, -0.25) is 9.78 Å². The zero-order chi connectivity index (χ0) is 15.6. The van der Waals surface area contributed by atoms with Crippen LogP contribution in [0.25, 0.3) is 11.0 Å². The molecule has 0 N–H and O–H groups in total. The Balaban J connectivity index is 1.86. The van der Waals surface area contributed by atoms with E-state index in [2.05, 4.69) is 15.3 Å². The molecule has 3 aromatic rings. The molecule has 2 aromatic heterocycles. The Hall–Kier alpha value is -2.76. The van der Waals surface area contributed by atoms with Gasteiger partial charge in [-0.05, 0) is 37.1 Å². The second kappa shape index (κ2) is 5.79. The van der Waals surface area contributed by atoms with Crippen LogP contribution in [0.2, 0.25) is 0 Å².